The van der Waals surface area contributed by atoms with Crippen LogP contribution in [0.5, 0.6) is 0 Å². The standard InChI is InChI=1S/C11H16ClN3/c1-2-3-9-4-7-15(8-9)11-10(12)13-5-6-14-11/h5-6,9H,2-4,7-8H2,1H3. The minimum Gasteiger partial charge on any atom is -0.354 e. The monoisotopic (exact) mass is 225 g/mol. The summed E-state index contributed by atoms with van der Waals surface area (Å²) in [5, 5.41) is 0.523. The molecule has 3 nitrogen and oxygen atoms in total. The van der Waals surface area contributed by atoms with Crippen LogP contribution in [0.25, 0.3) is 0 Å². The van der Waals surface area contributed by atoms with Crippen molar-refractivity contribution in [1.29, 1.82) is 0 Å². The van der Waals surface area contributed by atoms with Gasteiger partial charge in [-0.3, -0.25) is 0 Å². The molecule has 2 heterocycles. The van der Waals surface area contributed by atoms with Crippen molar-refractivity contribution in [1.82, 2.24) is 9.97 Å². The Kier molecular flexibility index (Phi) is 3.41. The third kappa shape index (κ3) is 2.40. The van der Waals surface area contributed by atoms with E-state index in [1.54, 1.807) is 12.4 Å². The molecule has 15 heavy (non-hydrogen) atoms. The van der Waals surface area contributed by atoms with Gasteiger partial charge in [-0.15, -0.1) is 0 Å². The summed E-state index contributed by atoms with van der Waals surface area (Å²) in [7, 11) is 0. The first-order valence-corrected chi connectivity index (χ1v) is 5.90. The average Bonchev–Trinajstić information content (AvgIpc) is 2.68. The van der Waals surface area contributed by atoms with E-state index < -0.39 is 0 Å². The van der Waals surface area contributed by atoms with E-state index in [0.29, 0.717) is 5.15 Å². The molecule has 0 spiro atoms. The number of rotatable bonds is 3. The lowest BCUT2D eigenvalue weighted by Gasteiger charge is -2.17. The van der Waals surface area contributed by atoms with Gasteiger partial charge in [-0.05, 0) is 18.8 Å². The van der Waals surface area contributed by atoms with Crippen molar-refractivity contribution in [2.75, 3.05) is 18.0 Å². The average molecular weight is 226 g/mol. The lowest BCUT2D eigenvalue weighted by atomic mass is 10.0. The molecular formula is C11H16ClN3. The van der Waals surface area contributed by atoms with Crippen molar-refractivity contribution in [3.8, 4) is 0 Å². The van der Waals surface area contributed by atoms with Gasteiger partial charge in [-0.2, -0.15) is 0 Å². The predicted molar refractivity (Wildman–Crippen MR) is 62.3 cm³/mol. The van der Waals surface area contributed by atoms with Gasteiger partial charge in [0.05, 0.1) is 0 Å². The molecule has 0 saturated carbocycles. The Morgan fingerprint density at radius 2 is 2.27 bits per heavy atom. The van der Waals surface area contributed by atoms with Gasteiger partial charge in [0, 0.05) is 25.5 Å². The van der Waals surface area contributed by atoms with Gasteiger partial charge in [0.25, 0.3) is 0 Å². The first-order chi connectivity index (χ1) is 7.31. The Morgan fingerprint density at radius 1 is 1.47 bits per heavy atom. The second kappa shape index (κ2) is 4.79. The molecule has 1 aromatic heterocycles. The van der Waals surface area contributed by atoms with Crippen LogP contribution in [-0.2, 0) is 0 Å². The van der Waals surface area contributed by atoms with E-state index in [-0.39, 0.29) is 0 Å². The zero-order valence-corrected chi connectivity index (χ0v) is 9.74. The number of hydrogen-bond acceptors (Lipinski definition) is 3. The maximum absolute atomic E-state index is 6.01. The summed E-state index contributed by atoms with van der Waals surface area (Å²) in [4.78, 5) is 10.6. The summed E-state index contributed by atoms with van der Waals surface area (Å²) in [5.74, 6) is 1.64. The summed E-state index contributed by atoms with van der Waals surface area (Å²) in [6.07, 6.45) is 7.14. The van der Waals surface area contributed by atoms with Crippen LogP contribution < -0.4 is 4.90 Å². The number of hydrogen-bond donors (Lipinski definition) is 0. The summed E-state index contributed by atoms with van der Waals surface area (Å²) >= 11 is 6.01. The molecular weight excluding hydrogens is 210 g/mol. The van der Waals surface area contributed by atoms with Gasteiger partial charge in [-0.25, -0.2) is 9.97 Å². The topological polar surface area (TPSA) is 29.0 Å². The molecule has 4 heteroatoms. The summed E-state index contributed by atoms with van der Waals surface area (Å²) in [6.45, 7) is 4.37. The Morgan fingerprint density at radius 3 is 3.00 bits per heavy atom. The number of halogens is 1. The highest BCUT2D eigenvalue weighted by atomic mass is 35.5. The molecule has 1 unspecified atom stereocenters. The van der Waals surface area contributed by atoms with Crippen molar-refractivity contribution in [2.24, 2.45) is 5.92 Å². The largest absolute Gasteiger partial charge is 0.354 e. The Hall–Kier alpha value is -0.830. The molecule has 1 atom stereocenters. The van der Waals surface area contributed by atoms with Crippen LogP contribution in [0.15, 0.2) is 12.4 Å². The van der Waals surface area contributed by atoms with E-state index in [4.69, 9.17) is 11.6 Å². The van der Waals surface area contributed by atoms with E-state index >= 15 is 0 Å². The number of nitrogens with zero attached hydrogens (tertiary/aromatic N) is 3. The molecule has 0 radical (unpaired) electrons. The number of anilines is 1. The highest BCUT2D eigenvalue weighted by molar-refractivity contribution is 6.31. The molecule has 0 aromatic carbocycles. The van der Waals surface area contributed by atoms with Crippen LogP contribution >= 0.6 is 11.6 Å². The predicted octanol–water partition coefficient (Wildman–Crippen LogP) is 2.76. The van der Waals surface area contributed by atoms with Crippen molar-refractivity contribution >= 4 is 17.4 Å². The van der Waals surface area contributed by atoms with Crippen LogP contribution in [0.1, 0.15) is 26.2 Å². The maximum atomic E-state index is 6.01. The van der Waals surface area contributed by atoms with Gasteiger partial charge in [0.2, 0.25) is 0 Å². The molecule has 2 rings (SSSR count). The second-order valence-electron chi connectivity index (χ2n) is 4.06. The molecule has 0 bridgehead atoms. The van der Waals surface area contributed by atoms with Crippen molar-refractivity contribution in [3.63, 3.8) is 0 Å². The van der Waals surface area contributed by atoms with Gasteiger partial charge in [0.1, 0.15) is 0 Å². The summed E-state index contributed by atoms with van der Waals surface area (Å²) < 4.78 is 0. The van der Waals surface area contributed by atoms with E-state index in [1.807, 2.05) is 0 Å². The normalized spacial score (nSPS) is 20.9. The fourth-order valence-electron chi connectivity index (χ4n) is 2.19. The zero-order valence-electron chi connectivity index (χ0n) is 8.99. The Labute approximate surface area is 95.5 Å². The minimum atomic E-state index is 0.523. The molecule has 0 amide bonds. The Balaban J connectivity index is 2.04. The molecule has 1 aliphatic heterocycles. The molecule has 82 valence electrons. The lowest BCUT2D eigenvalue weighted by molar-refractivity contribution is 0.529. The van der Waals surface area contributed by atoms with E-state index in [2.05, 4.69) is 21.8 Å². The van der Waals surface area contributed by atoms with Gasteiger partial charge < -0.3 is 4.90 Å². The van der Waals surface area contributed by atoms with Crippen molar-refractivity contribution in [3.05, 3.63) is 17.5 Å². The quantitative estimate of drug-likeness (QED) is 0.792. The number of aromatic nitrogens is 2. The van der Waals surface area contributed by atoms with Crippen molar-refractivity contribution < 1.29 is 0 Å². The molecule has 1 saturated heterocycles. The first kappa shape index (κ1) is 10.7. The van der Waals surface area contributed by atoms with Gasteiger partial charge in [0.15, 0.2) is 11.0 Å². The van der Waals surface area contributed by atoms with Crippen molar-refractivity contribution in [2.45, 2.75) is 26.2 Å². The van der Waals surface area contributed by atoms with Gasteiger partial charge in [-0.1, -0.05) is 24.9 Å². The smallest absolute Gasteiger partial charge is 0.171 e. The summed E-state index contributed by atoms with van der Waals surface area (Å²) in [5.41, 5.74) is 0. The highest BCUT2D eigenvalue weighted by Gasteiger charge is 2.24. The fourth-order valence-corrected chi connectivity index (χ4v) is 2.42. The van der Waals surface area contributed by atoms with Crippen LogP contribution in [0.2, 0.25) is 5.15 Å². The van der Waals surface area contributed by atoms with E-state index in [1.165, 1.54) is 19.3 Å². The maximum Gasteiger partial charge on any atom is 0.171 e. The fraction of sp³-hybridized carbons (Fsp3) is 0.636. The zero-order chi connectivity index (χ0) is 10.7. The molecule has 0 N–H and O–H groups in total. The van der Waals surface area contributed by atoms with Gasteiger partial charge >= 0.3 is 0 Å². The first-order valence-electron chi connectivity index (χ1n) is 5.52. The molecule has 1 aromatic rings. The Bertz CT molecular complexity index is 329. The van der Waals surface area contributed by atoms with Crippen LogP contribution in [0.4, 0.5) is 5.82 Å². The lowest BCUT2D eigenvalue weighted by Crippen LogP contribution is -2.21. The van der Waals surface area contributed by atoms with Crippen LogP contribution in [-0.4, -0.2) is 23.1 Å². The van der Waals surface area contributed by atoms with E-state index in [9.17, 15) is 0 Å². The van der Waals surface area contributed by atoms with E-state index in [0.717, 1.165) is 24.8 Å². The molecule has 0 aliphatic carbocycles. The third-order valence-corrected chi connectivity index (χ3v) is 3.18. The van der Waals surface area contributed by atoms with Crippen LogP contribution in [0, 0.1) is 5.92 Å². The van der Waals surface area contributed by atoms with Crippen LogP contribution in [0.3, 0.4) is 0 Å². The molecule has 1 aliphatic rings. The highest BCUT2D eigenvalue weighted by Crippen LogP contribution is 2.28. The molecule has 1 fully saturated rings. The SMILES string of the molecule is CCCC1CCN(c2nccnc2Cl)C1. The summed E-state index contributed by atoms with van der Waals surface area (Å²) in [6, 6.07) is 0. The second-order valence-corrected chi connectivity index (χ2v) is 4.42. The minimum absolute atomic E-state index is 0.523. The third-order valence-electron chi connectivity index (χ3n) is 2.92.